The van der Waals surface area contributed by atoms with E-state index >= 15 is 0 Å². The van der Waals surface area contributed by atoms with Crippen LogP contribution in [0, 0.1) is 0 Å². The zero-order valence-corrected chi connectivity index (χ0v) is 15.4. The van der Waals surface area contributed by atoms with Gasteiger partial charge in [-0.2, -0.15) is 0 Å². The van der Waals surface area contributed by atoms with Gasteiger partial charge < -0.3 is 4.74 Å². The standard InChI is InChI=1S/C20H22N4O2/c1-5-26-19(25)17-18(24-13-7-6-8-16(24)21-17)23-22-15-11-9-14(10-12-15)20(2,3)4/h6-13H,5H2,1-4H3. The number of aromatic nitrogens is 2. The molecule has 0 bridgehead atoms. The first-order valence-electron chi connectivity index (χ1n) is 8.56. The number of carbonyl (C=O) groups excluding carboxylic acids is 1. The second kappa shape index (κ2) is 7.07. The van der Waals surface area contributed by atoms with E-state index in [-0.39, 0.29) is 17.7 Å². The molecule has 0 radical (unpaired) electrons. The highest BCUT2D eigenvalue weighted by molar-refractivity contribution is 5.93. The highest BCUT2D eigenvalue weighted by atomic mass is 16.5. The Balaban J connectivity index is 1.98. The lowest BCUT2D eigenvalue weighted by molar-refractivity contribution is 0.0521. The van der Waals surface area contributed by atoms with Gasteiger partial charge in [0.25, 0.3) is 0 Å². The lowest BCUT2D eigenvalue weighted by Crippen LogP contribution is -2.10. The summed E-state index contributed by atoms with van der Waals surface area (Å²) >= 11 is 0. The summed E-state index contributed by atoms with van der Waals surface area (Å²) in [7, 11) is 0. The molecule has 3 rings (SSSR count). The van der Waals surface area contributed by atoms with Gasteiger partial charge in [0, 0.05) is 6.20 Å². The minimum absolute atomic E-state index is 0.0778. The maximum absolute atomic E-state index is 12.2. The number of esters is 1. The molecule has 0 unspecified atom stereocenters. The molecule has 2 aromatic heterocycles. The SMILES string of the molecule is CCOC(=O)c1nc2ccccn2c1N=Nc1ccc(C(C)(C)C)cc1. The molecule has 0 aliphatic heterocycles. The van der Waals surface area contributed by atoms with Gasteiger partial charge >= 0.3 is 5.97 Å². The van der Waals surface area contributed by atoms with Crippen molar-refractivity contribution in [2.24, 2.45) is 10.2 Å². The van der Waals surface area contributed by atoms with Crippen molar-refractivity contribution in [1.82, 2.24) is 9.38 Å². The average molecular weight is 350 g/mol. The molecule has 3 aromatic rings. The largest absolute Gasteiger partial charge is 0.461 e. The van der Waals surface area contributed by atoms with Gasteiger partial charge in [-0.3, -0.25) is 4.40 Å². The molecule has 0 aliphatic rings. The molecule has 0 aliphatic carbocycles. The van der Waals surface area contributed by atoms with E-state index < -0.39 is 5.97 Å². The molecule has 134 valence electrons. The first-order valence-corrected chi connectivity index (χ1v) is 8.56. The third kappa shape index (κ3) is 3.64. The molecular weight excluding hydrogens is 328 g/mol. The van der Waals surface area contributed by atoms with E-state index in [2.05, 4.69) is 36.0 Å². The van der Waals surface area contributed by atoms with Crippen molar-refractivity contribution in [3.05, 3.63) is 59.9 Å². The summed E-state index contributed by atoms with van der Waals surface area (Å²) in [5.74, 6) is -0.146. The van der Waals surface area contributed by atoms with Crippen LogP contribution in [0.4, 0.5) is 11.5 Å². The van der Waals surface area contributed by atoms with Crippen LogP contribution in [0.2, 0.25) is 0 Å². The third-order valence-corrected chi connectivity index (χ3v) is 3.97. The number of benzene rings is 1. The molecule has 0 saturated heterocycles. The van der Waals surface area contributed by atoms with E-state index in [1.54, 1.807) is 23.6 Å². The van der Waals surface area contributed by atoms with Crippen molar-refractivity contribution in [2.75, 3.05) is 6.61 Å². The molecule has 0 N–H and O–H groups in total. The number of hydrogen-bond acceptors (Lipinski definition) is 5. The molecular formula is C20H22N4O2. The van der Waals surface area contributed by atoms with Crippen molar-refractivity contribution in [2.45, 2.75) is 33.1 Å². The fourth-order valence-corrected chi connectivity index (χ4v) is 2.55. The quantitative estimate of drug-likeness (QED) is 0.478. The van der Waals surface area contributed by atoms with E-state index in [1.165, 1.54) is 5.56 Å². The van der Waals surface area contributed by atoms with Crippen LogP contribution in [0.1, 0.15) is 43.7 Å². The molecule has 0 spiro atoms. The Labute approximate surface area is 152 Å². The van der Waals surface area contributed by atoms with Crippen LogP contribution in [0.25, 0.3) is 5.65 Å². The van der Waals surface area contributed by atoms with Crippen LogP contribution in [0.5, 0.6) is 0 Å². The van der Waals surface area contributed by atoms with Gasteiger partial charge in [-0.15, -0.1) is 10.2 Å². The molecule has 6 heteroatoms. The average Bonchev–Trinajstić information content (AvgIpc) is 2.98. The van der Waals surface area contributed by atoms with Crippen LogP contribution in [-0.2, 0) is 10.2 Å². The van der Waals surface area contributed by atoms with Crippen LogP contribution in [-0.4, -0.2) is 22.0 Å². The van der Waals surface area contributed by atoms with Gasteiger partial charge in [0.2, 0.25) is 0 Å². The fraction of sp³-hybridized carbons (Fsp3) is 0.300. The second-order valence-corrected chi connectivity index (χ2v) is 6.93. The summed E-state index contributed by atoms with van der Waals surface area (Å²) in [6, 6.07) is 13.4. The third-order valence-electron chi connectivity index (χ3n) is 3.97. The summed E-state index contributed by atoms with van der Waals surface area (Å²) in [4.78, 5) is 16.5. The van der Waals surface area contributed by atoms with Gasteiger partial charge in [0.15, 0.2) is 11.5 Å². The van der Waals surface area contributed by atoms with Crippen molar-refractivity contribution in [1.29, 1.82) is 0 Å². The maximum atomic E-state index is 12.2. The highest BCUT2D eigenvalue weighted by Gasteiger charge is 2.20. The van der Waals surface area contributed by atoms with Gasteiger partial charge in [0.1, 0.15) is 5.65 Å². The number of hydrogen-bond donors (Lipinski definition) is 0. The molecule has 0 saturated carbocycles. The number of nitrogens with zero attached hydrogens (tertiary/aromatic N) is 4. The molecule has 0 fully saturated rings. The first kappa shape index (κ1) is 17.8. The molecule has 0 amide bonds. The van der Waals surface area contributed by atoms with Gasteiger partial charge in [0.05, 0.1) is 12.3 Å². The lowest BCUT2D eigenvalue weighted by atomic mass is 9.87. The number of pyridine rings is 1. The smallest absolute Gasteiger partial charge is 0.360 e. The van der Waals surface area contributed by atoms with Gasteiger partial charge in [-0.05, 0) is 42.2 Å². The zero-order chi connectivity index (χ0) is 18.7. The Bertz CT molecular complexity index is 950. The minimum Gasteiger partial charge on any atom is -0.461 e. The second-order valence-electron chi connectivity index (χ2n) is 6.93. The Morgan fingerprint density at radius 2 is 1.85 bits per heavy atom. The fourth-order valence-electron chi connectivity index (χ4n) is 2.55. The summed E-state index contributed by atoms with van der Waals surface area (Å²) in [5.41, 5.74) is 2.78. The van der Waals surface area contributed by atoms with E-state index in [0.29, 0.717) is 17.2 Å². The molecule has 6 nitrogen and oxygen atoms in total. The van der Waals surface area contributed by atoms with Crippen molar-refractivity contribution in [3.8, 4) is 0 Å². The summed E-state index contributed by atoms with van der Waals surface area (Å²) in [6.07, 6.45) is 1.79. The maximum Gasteiger partial charge on any atom is 0.360 e. The Hall–Kier alpha value is -3.02. The van der Waals surface area contributed by atoms with E-state index in [1.807, 2.05) is 36.4 Å². The Morgan fingerprint density at radius 1 is 1.12 bits per heavy atom. The van der Waals surface area contributed by atoms with Crippen LogP contribution >= 0.6 is 0 Å². The number of ether oxygens (including phenoxy) is 1. The summed E-state index contributed by atoms with van der Waals surface area (Å²) in [5, 5.41) is 8.57. The van der Waals surface area contributed by atoms with Crippen LogP contribution < -0.4 is 0 Å². The summed E-state index contributed by atoms with van der Waals surface area (Å²) < 4.78 is 6.81. The number of carbonyl (C=O) groups is 1. The van der Waals surface area contributed by atoms with Crippen LogP contribution in [0.15, 0.2) is 58.9 Å². The first-order chi connectivity index (χ1) is 12.4. The zero-order valence-electron chi connectivity index (χ0n) is 15.4. The van der Waals surface area contributed by atoms with Gasteiger partial charge in [-0.1, -0.05) is 39.0 Å². The van der Waals surface area contributed by atoms with Crippen molar-refractivity contribution in [3.63, 3.8) is 0 Å². The normalized spacial score (nSPS) is 12.0. The molecule has 2 heterocycles. The number of azo groups is 1. The van der Waals surface area contributed by atoms with Crippen LogP contribution in [0.3, 0.4) is 0 Å². The molecule has 0 atom stereocenters. The summed E-state index contributed by atoms with van der Waals surface area (Å²) in [6.45, 7) is 8.51. The monoisotopic (exact) mass is 350 g/mol. The Morgan fingerprint density at radius 3 is 2.50 bits per heavy atom. The number of rotatable bonds is 4. The van der Waals surface area contributed by atoms with Gasteiger partial charge in [-0.25, -0.2) is 9.78 Å². The predicted molar refractivity (Wildman–Crippen MR) is 100 cm³/mol. The lowest BCUT2D eigenvalue weighted by Gasteiger charge is -2.18. The van der Waals surface area contributed by atoms with E-state index in [0.717, 1.165) is 0 Å². The van der Waals surface area contributed by atoms with Crippen molar-refractivity contribution < 1.29 is 9.53 Å². The minimum atomic E-state index is -0.506. The number of imidazole rings is 1. The highest BCUT2D eigenvalue weighted by Crippen LogP contribution is 2.27. The Kier molecular flexibility index (Phi) is 4.84. The molecule has 26 heavy (non-hydrogen) atoms. The predicted octanol–water partition coefficient (Wildman–Crippen LogP) is 5.22. The van der Waals surface area contributed by atoms with Crippen molar-refractivity contribution >= 4 is 23.1 Å². The van der Waals surface area contributed by atoms with E-state index in [4.69, 9.17) is 4.74 Å². The molecule has 1 aromatic carbocycles. The number of fused-ring (bicyclic) bond motifs is 1. The topological polar surface area (TPSA) is 68.3 Å². The van der Waals surface area contributed by atoms with E-state index in [9.17, 15) is 4.79 Å².